The van der Waals surface area contributed by atoms with E-state index < -0.39 is 0 Å². The SMILES string of the molecule is CCNC(=NCC1CN2CCN1CC2)N(C)CCC1CCOCC1.I. The fourth-order valence-corrected chi connectivity index (χ4v) is 4.08. The van der Waals surface area contributed by atoms with Crippen LogP contribution >= 0.6 is 24.0 Å². The smallest absolute Gasteiger partial charge is 0.193 e. The lowest BCUT2D eigenvalue weighted by Gasteiger charge is -2.47. The second-order valence-electron chi connectivity index (χ2n) is 7.45. The number of nitrogens with zero attached hydrogens (tertiary/aromatic N) is 4. The Labute approximate surface area is 170 Å². The Balaban J connectivity index is 0.00000225. The van der Waals surface area contributed by atoms with Crippen molar-refractivity contribution in [1.82, 2.24) is 20.0 Å². The van der Waals surface area contributed by atoms with Crippen LogP contribution in [0.15, 0.2) is 4.99 Å². The van der Waals surface area contributed by atoms with E-state index in [1.165, 1.54) is 52.0 Å². The lowest BCUT2D eigenvalue weighted by Crippen LogP contribution is -2.62. The van der Waals surface area contributed by atoms with Crippen LogP contribution in [0.25, 0.3) is 0 Å². The van der Waals surface area contributed by atoms with Gasteiger partial charge in [-0.15, -0.1) is 24.0 Å². The maximum Gasteiger partial charge on any atom is 0.193 e. The summed E-state index contributed by atoms with van der Waals surface area (Å²) in [7, 11) is 2.18. The molecule has 6 nitrogen and oxygen atoms in total. The Hall–Kier alpha value is -0.120. The van der Waals surface area contributed by atoms with Crippen molar-refractivity contribution >= 4 is 29.9 Å². The Morgan fingerprint density at radius 1 is 1.20 bits per heavy atom. The van der Waals surface area contributed by atoms with Crippen molar-refractivity contribution in [2.75, 3.05) is 72.6 Å². The van der Waals surface area contributed by atoms with Crippen LogP contribution in [0.4, 0.5) is 0 Å². The molecule has 4 aliphatic heterocycles. The third-order valence-electron chi connectivity index (χ3n) is 5.75. The Bertz CT molecular complexity index is 408. The van der Waals surface area contributed by atoms with Crippen molar-refractivity contribution in [3.63, 3.8) is 0 Å². The van der Waals surface area contributed by atoms with Gasteiger partial charge in [-0.3, -0.25) is 14.8 Å². The molecule has 0 radical (unpaired) electrons. The molecule has 4 aliphatic rings. The maximum atomic E-state index is 5.46. The van der Waals surface area contributed by atoms with Gasteiger partial charge in [0.2, 0.25) is 0 Å². The highest BCUT2D eigenvalue weighted by Gasteiger charge is 2.31. The van der Waals surface area contributed by atoms with Crippen LogP contribution in [-0.4, -0.2) is 99.3 Å². The van der Waals surface area contributed by atoms with E-state index in [1.807, 2.05) is 0 Å². The Morgan fingerprint density at radius 3 is 2.52 bits per heavy atom. The molecule has 4 rings (SSSR count). The molecule has 4 saturated heterocycles. The molecule has 4 heterocycles. The quantitative estimate of drug-likeness (QED) is 0.364. The Morgan fingerprint density at radius 2 is 1.92 bits per heavy atom. The van der Waals surface area contributed by atoms with Crippen LogP contribution in [0.1, 0.15) is 26.2 Å². The van der Waals surface area contributed by atoms with Crippen LogP contribution in [0.5, 0.6) is 0 Å². The average Bonchev–Trinajstić information content (AvgIpc) is 2.65. The monoisotopic (exact) mass is 465 g/mol. The van der Waals surface area contributed by atoms with Crippen LogP contribution in [0.2, 0.25) is 0 Å². The van der Waals surface area contributed by atoms with Crippen molar-refractivity contribution in [2.45, 2.75) is 32.2 Å². The summed E-state index contributed by atoms with van der Waals surface area (Å²) in [5.41, 5.74) is 0. The van der Waals surface area contributed by atoms with E-state index in [4.69, 9.17) is 9.73 Å². The number of fused-ring (bicyclic) bond motifs is 3. The lowest BCUT2D eigenvalue weighted by atomic mass is 9.96. The van der Waals surface area contributed by atoms with Crippen molar-refractivity contribution in [3.05, 3.63) is 0 Å². The van der Waals surface area contributed by atoms with Gasteiger partial charge in [0.1, 0.15) is 0 Å². The minimum absolute atomic E-state index is 0. The molecule has 4 fully saturated rings. The number of halogens is 1. The first-order valence-corrected chi connectivity index (χ1v) is 9.80. The first kappa shape index (κ1) is 21.2. The summed E-state index contributed by atoms with van der Waals surface area (Å²) in [6, 6.07) is 0.602. The summed E-state index contributed by atoms with van der Waals surface area (Å²) in [6.07, 6.45) is 3.68. The lowest BCUT2D eigenvalue weighted by molar-refractivity contribution is 0.0173. The summed E-state index contributed by atoms with van der Waals surface area (Å²) in [6.45, 7) is 13.1. The zero-order valence-corrected chi connectivity index (χ0v) is 18.3. The van der Waals surface area contributed by atoms with E-state index in [0.29, 0.717) is 6.04 Å². The summed E-state index contributed by atoms with van der Waals surface area (Å²) in [4.78, 5) is 12.5. The first-order chi connectivity index (χ1) is 11.8. The molecule has 1 unspecified atom stereocenters. The molecule has 146 valence electrons. The molecular weight excluding hydrogens is 429 g/mol. The molecule has 2 bridgehead atoms. The molecule has 1 N–H and O–H groups in total. The van der Waals surface area contributed by atoms with E-state index in [0.717, 1.165) is 44.7 Å². The minimum Gasteiger partial charge on any atom is -0.381 e. The molecule has 25 heavy (non-hydrogen) atoms. The predicted octanol–water partition coefficient (Wildman–Crippen LogP) is 1.32. The zero-order chi connectivity index (χ0) is 16.8. The minimum atomic E-state index is 0. The van der Waals surface area contributed by atoms with Gasteiger partial charge in [0.05, 0.1) is 6.54 Å². The third-order valence-corrected chi connectivity index (χ3v) is 5.75. The summed E-state index contributed by atoms with van der Waals surface area (Å²) < 4.78 is 5.46. The fourth-order valence-electron chi connectivity index (χ4n) is 4.08. The van der Waals surface area contributed by atoms with Gasteiger partial charge in [0.15, 0.2) is 5.96 Å². The second kappa shape index (κ2) is 10.9. The molecule has 0 aromatic rings. The van der Waals surface area contributed by atoms with Gasteiger partial charge in [-0.25, -0.2) is 0 Å². The Kier molecular flexibility index (Phi) is 9.23. The summed E-state index contributed by atoms with van der Waals surface area (Å²) >= 11 is 0. The molecular formula is C18H36IN5O. The number of hydrogen-bond acceptors (Lipinski definition) is 4. The summed E-state index contributed by atoms with van der Waals surface area (Å²) in [5, 5.41) is 3.47. The standard InChI is InChI=1S/C18H35N5O.HI/c1-3-19-18(21(2)7-4-16-5-12-24-13-6-16)20-14-17-15-22-8-10-23(17)11-9-22;/h16-17H,3-15H2,1-2H3,(H,19,20);1H. The van der Waals surface area contributed by atoms with E-state index in [1.54, 1.807) is 0 Å². The van der Waals surface area contributed by atoms with Crippen LogP contribution in [0.3, 0.4) is 0 Å². The fraction of sp³-hybridized carbons (Fsp3) is 0.944. The van der Waals surface area contributed by atoms with E-state index >= 15 is 0 Å². The zero-order valence-electron chi connectivity index (χ0n) is 16.0. The van der Waals surface area contributed by atoms with Crippen LogP contribution in [0, 0.1) is 5.92 Å². The summed E-state index contributed by atoms with van der Waals surface area (Å²) in [5.74, 6) is 1.89. The predicted molar refractivity (Wildman–Crippen MR) is 114 cm³/mol. The van der Waals surface area contributed by atoms with Crippen molar-refractivity contribution in [3.8, 4) is 0 Å². The molecule has 0 aliphatic carbocycles. The van der Waals surface area contributed by atoms with Gasteiger partial charge in [0.25, 0.3) is 0 Å². The molecule has 0 aromatic carbocycles. The highest BCUT2D eigenvalue weighted by molar-refractivity contribution is 14.0. The maximum absolute atomic E-state index is 5.46. The normalized spacial score (nSPS) is 30.0. The van der Waals surface area contributed by atoms with E-state index in [-0.39, 0.29) is 24.0 Å². The van der Waals surface area contributed by atoms with E-state index in [9.17, 15) is 0 Å². The first-order valence-electron chi connectivity index (χ1n) is 9.80. The van der Waals surface area contributed by atoms with Crippen LogP contribution in [-0.2, 0) is 4.74 Å². The highest BCUT2D eigenvalue weighted by Crippen LogP contribution is 2.19. The van der Waals surface area contributed by atoms with E-state index in [2.05, 4.69) is 34.0 Å². The number of rotatable bonds is 6. The number of piperazine rings is 3. The van der Waals surface area contributed by atoms with Gasteiger partial charge in [0, 0.05) is 72.1 Å². The van der Waals surface area contributed by atoms with Gasteiger partial charge in [-0.05, 0) is 32.1 Å². The molecule has 0 aromatic heterocycles. The van der Waals surface area contributed by atoms with Crippen molar-refractivity contribution in [1.29, 1.82) is 0 Å². The average molecular weight is 465 g/mol. The number of aliphatic imine (C=N–C) groups is 1. The third kappa shape index (κ3) is 6.22. The number of ether oxygens (including phenoxy) is 1. The molecule has 0 spiro atoms. The van der Waals surface area contributed by atoms with Gasteiger partial charge >= 0.3 is 0 Å². The van der Waals surface area contributed by atoms with Gasteiger partial charge in [-0.1, -0.05) is 0 Å². The van der Waals surface area contributed by atoms with Crippen molar-refractivity contribution < 1.29 is 4.74 Å². The van der Waals surface area contributed by atoms with Crippen molar-refractivity contribution in [2.24, 2.45) is 10.9 Å². The van der Waals surface area contributed by atoms with Crippen LogP contribution < -0.4 is 5.32 Å². The van der Waals surface area contributed by atoms with Gasteiger partial charge < -0.3 is 15.0 Å². The molecule has 7 heteroatoms. The van der Waals surface area contributed by atoms with Gasteiger partial charge in [-0.2, -0.15) is 0 Å². The molecule has 1 atom stereocenters. The second-order valence-corrected chi connectivity index (χ2v) is 7.45. The topological polar surface area (TPSA) is 43.3 Å². The number of nitrogens with one attached hydrogen (secondary N) is 1. The number of guanidine groups is 1. The number of hydrogen-bond donors (Lipinski definition) is 1. The largest absolute Gasteiger partial charge is 0.381 e. The molecule has 0 saturated carbocycles. The molecule has 0 amide bonds. The highest BCUT2D eigenvalue weighted by atomic mass is 127.